The van der Waals surface area contributed by atoms with E-state index >= 15 is 0 Å². The first-order chi connectivity index (χ1) is 9.63. The van der Waals surface area contributed by atoms with Crippen LogP contribution in [-0.2, 0) is 0 Å². The van der Waals surface area contributed by atoms with Crippen molar-refractivity contribution in [1.29, 1.82) is 0 Å². The van der Waals surface area contributed by atoms with E-state index < -0.39 is 0 Å². The normalized spacial score (nSPS) is 18.9. The molecule has 3 rings (SSSR count). The van der Waals surface area contributed by atoms with Gasteiger partial charge in [-0.1, -0.05) is 0 Å². The highest BCUT2D eigenvalue weighted by Crippen LogP contribution is 2.19. The van der Waals surface area contributed by atoms with Gasteiger partial charge in [0.25, 0.3) is 0 Å². The van der Waals surface area contributed by atoms with Crippen LogP contribution in [0.25, 0.3) is 5.95 Å². The Bertz CT molecular complexity index is 579. The van der Waals surface area contributed by atoms with Crippen molar-refractivity contribution < 1.29 is 0 Å². The average Bonchev–Trinajstić information content (AvgIpc) is 3.10. The van der Waals surface area contributed by atoms with Gasteiger partial charge in [-0.15, -0.1) is 0 Å². The van der Waals surface area contributed by atoms with E-state index in [4.69, 9.17) is 5.73 Å². The SMILES string of the molecule is CN(C)C1CCN(c2nc(N)nc(-n3ccnc3)n2)C1. The number of nitrogen functional groups attached to an aromatic ring is 1. The molecule has 106 valence electrons. The summed E-state index contributed by atoms with van der Waals surface area (Å²) in [5.74, 6) is 1.36. The Morgan fingerprint density at radius 3 is 2.70 bits per heavy atom. The van der Waals surface area contributed by atoms with Crippen LogP contribution < -0.4 is 10.6 Å². The number of hydrogen-bond acceptors (Lipinski definition) is 7. The lowest BCUT2D eigenvalue weighted by Crippen LogP contribution is -2.32. The lowest BCUT2D eigenvalue weighted by atomic mass is 10.2. The van der Waals surface area contributed by atoms with Crippen LogP contribution in [0.3, 0.4) is 0 Å². The average molecular weight is 274 g/mol. The van der Waals surface area contributed by atoms with Gasteiger partial charge in [-0.3, -0.25) is 4.57 Å². The zero-order valence-corrected chi connectivity index (χ0v) is 11.6. The third-order valence-electron chi connectivity index (χ3n) is 3.54. The number of rotatable bonds is 3. The van der Waals surface area contributed by atoms with E-state index in [9.17, 15) is 0 Å². The highest BCUT2D eigenvalue weighted by molar-refractivity contribution is 5.39. The fraction of sp³-hybridized carbons (Fsp3) is 0.500. The summed E-state index contributed by atoms with van der Waals surface area (Å²) < 4.78 is 1.72. The summed E-state index contributed by atoms with van der Waals surface area (Å²) in [7, 11) is 4.18. The summed E-state index contributed by atoms with van der Waals surface area (Å²) >= 11 is 0. The lowest BCUT2D eigenvalue weighted by molar-refractivity contribution is 0.315. The van der Waals surface area contributed by atoms with Gasteiger partial charge in [0.05, 0.1) is 0 Å². The summed E-state index contributed by atoms with van der Waals surface area (Å²) in [5.41, 5.74) is 5.79. The van der Waals surface area contributed by atoms with Gasteiger partial charge >= 0.3 is 0 Å². The lowest BCUT2D eigenvalue weighted by Gasteiger charge is -2.20. The molecule has 1 saturated heterocycles. The van der Waals surface area contributed by atoms with Gasteiger partial charge < -0.3 is 15.5 Å². The van der Waals surface area contributed by atoms with E-state index in [0.717, 1.165) is 19.5 Å². The molecule has 8 heteroatoms. The zero-order chi connectivity index (χ0) is 14.1. The Kier molecular flexibility index (Phi) is 3.23. The second kappa shape index (κ2) is 5.04. The molecule has 1 atom stereocenters. The van der Waals surface area contributed by atoms with E-state index in [-0.39, 0.29) is 5.95 Å². The number of nitrogens with two attached hydrogens (primary N) is 1. The third kappa shape index (κ3) is 2.42. The first-order valence-electron chi connectivity index (χ1n) is 6.55. The molecular weight excluding hydrogens is 256 g/mol. The molecule has 8 nitrogen and oxygen atoms in total. The summed E-state index contributed by atoms with van der Waals surface area (Å²) in [5, 5.41) is 0. The molecule has 1 unspecified atom stereocenters. The van der Waals surface area contributed by atoms with Crippen LogP contribution >= 0.6 is 0 Å². The van der Waals surface area contributed by atoms with Crippen molar-refractivity contribution in [2.24, 2.45) is 0 Å². The largest absolute Gasteiger partial charge is 0.368 e. The van der Waals surface area contributed by atoms with E-state index in [0.29, 0.717) is 17.9 Å². The second-order valence-corrected chi connectivity index (χ2v) is 5.12. The Morgan fingerprint density at radius 1 is 1.25 bits per heavy atom. The maximum absolute atomic E-state index is 5.79. The molecule has 1 aliphatic heterocycles. The summed E-state index contributed by atoms with van der Waals surface area (Å²) in [4.78, 5) is 21.2. The van der Waals surface area contributed by atoms with Crippen molar-refractivity contribution >= 4 is 11.9 Å². The number of likely N-dealkylation sites (N-methyl/N-ethyl adjacent to an activating group) is 1. The predicted octanol–water partition coefficient (Wildman–Crippen LogP) is -0.220. The Labute approximate surface area is 117 Å². The summed E-state index contributed by atoms with van der Waals surface area (Å²) in [6.45, 7) is 1.83. The van der Waals surface area contributed by atoms with Crippen molar-refractivity contribution in [2.45, 2.75) is 12.5 Å². The first-order valence-corrected chi connectivity index (χ1v) is 6.55. The van der Waals surface area contributed by atoms with Crippen molar-refractivity contribution in [3.63, 3.8) is 0 Å². The third-order valence-corrected chi connectivity index (χ3v) is 3.54. The van der Waals surface area contributed by atoms with Crippen LogP contribution in [0.2, 0.25) is 0 Å². The maximum Gasteiger partial charge on any atom is 0.241 e. The van der Waals surface area contributed by atoms with E-state index in [1.807, 2.05) is 0 Å². The molecule has 0 aliphatic carbocycles. The molecule has 0 aromatic carbocycles. The van der Waals surface area contributed by atoms with Crippen molar-refractivity contribution in [3.8, 4) is 5.95 Å². The van der Waals surface area contributed by atoms with Crippen LogP contribution in [0.4, 0.5) is 11.9 Å². The number of anilines is 2. The van der Waals surface area contributed by atoms with Gasteiger partial charge in [0.2, 0.25) is 17.8 Å². The number of imidazole rings is 1. The minimum Gasteiger partial charge on any atom is -0.368 e. The molecule has 0 amide bonds. The predicted molar refractivity (Wildman–Crippen MR) is 75.7 cm³/mol. The molecule has 0 bridgehead atoms. The highest BCUT2D eigenvalue weighted by atomic mass is 15.3. The molecule has 2 N–H and O–H groups in total. The molecule has 0 saturated carbocycles. The van der Waals surface area contributed by atoms with E-state index in [2.05, 4.69) is 43.8 Å². The Balaban J connectivity index is 1.87. The first kappa shape index (κ1) is 12.8. The fourth-order valence-corrected chi connectivity index (χ4v) is 2.35. The van der Waals surface area contributed by atoms with Crippen molar-refractivity contribution in [2.75, 3.05) is 37.8 Å². The van der Waals surface area contributed by atoms with Crippen LogP contribution in [-0.4, -0.2) is 62.6 Å². The molecule has 1 fully saturated rings. The highest BCUT2D eigenvalue weighted by Gasteiger charge is 2.26. The van der Waals surface area contributed by atoms with Gasteiger partial charge in [-0.2, -0.15) is 15.0 Å². The van der Waals surface area contributed by atoms with Crippen LogP contribution in [0.1, 0.15) is 6.42 Å². The zero-order valence-electron chi connectivity index (χ0n) is 11.6. The monoisotopic (exact) mass is 274 g/mol. The molecule has 0 spiro atoms. The molecule has 3 heterocycles. The summed E-state index contributed by atoms with van der Waals surface area (Å²) in [6.07, 6.45) is 6.20. The van der Waals surface area contributed by atoms with Gasteiger partial charge in [-0.05, 0) is 20.5 Å². The maximum atomic E-state index is 5.79. The fourth-order valence-electron chi connectivity index (χ4n) is 2.35. The quantitative estimate of drug-likeness (QED) is 0.827. The number of aromatic nitrogens is 5. The van der Waals surface area contributed by atoms with Crippen molar-refractivity contribution in [1.82, 2.24) is 29.4 Å². The van der Waals surface area contributed by atoms with Gasteiger partial charge in [-0.25, -0.2) is 4.98 Å². The molecule has 0 radical (unpaired) electrons. The van der Waals surface area contributed by atoms with Gasteiger partial charge in [0.15, 0.2) is 0 Å². The standard InChI is InChI=1S/C12H18N8/c1-18(2)9-3-5-19(7-9)11-15-10(13)16-12(17-11)20-6-4-14-8-20/h4,6,8-9H,3,5,7H2,1-2H3,(H2,13,15,16,17). The number of hydrogen-bond donors (Lipinski definition) is 1. The van der Waals surface area contributed by atoms with Crippen LogP contribution in [0, 0.1) is 0 Å². The van der Waals surface area contributed by atoms with Crippen LogP contribution in [0.5, 0.6) is 0 Å². The van der Waals surface area contributed by atoms with E-state index in [1.165, 1.54) is 0 Å². The Morgan fingerprint density at radius 2 is 2.05 bits per heavy atom. The van der Waals surface area contributed by atoms with E-state index in [1.54, 1.807) is 23.3 Å². The molecule has 2 aromatic heterocycles. The molecule has 1 aliphatic rings. The van der Waals surface area contributed by atoms with Gasteiger partial charge in [0, 0.05) is 31.5 Å². The van der Waals surface area contributed by atoms with Gasteiger partial charge in [0.1, 0.15) is 6.33 Å². The van der Waals surface area contributed by atoms with Crippen molar-refractivity contribution in [3.05, 3.63) is 18.7 Å². The minimum atomic E-state index is 0.229. The number of nitrogens with zero attached hydrogens (tertiary/aromatic N) is 7. The molecular formula is C12H18N8. The second-order valence-electron chi connectivity index (χ2n) is 5.12. The Hall–Kier alpha value is -2.22. The molecule has 2 aromatic rings. The smallest absolute Gasteiger partial charge is 0.241 e. The van der Waals surface area contributed by atoms with Crippen LogP contribution in [0.15, 0.2) is 18.7 Å². The summed E-state index contributed by atoms with van der Waals surface area (Å²) in [6, 6.07) is 0.518. The topological polar surface area (TPSA) is 89.0 Å². The molecule has 20 heavy (non-hydrogen) atoms. The minimum absolute atomic E-state index is 0.229.